The summed E-state index contributed by atoms with van der Waals surface area (Å²) in [4.78, 5) is 16.2. The maximum absolute atomic E-state index is 13.3. The van der Waals surface area contributed by atoms with E-state index < -0.39 is 17.6 Å². The van der Waals surface area contributed by atoms with Crippen molar-refractivity contribution < 1.29 is 22.7 Å². The average molecular weight is 456 g/mol. The van der Waals surface area contributed by atoms with E-state index in [9.17, 15) is 18.0 Å². The molecule has 1 aliphatic rings. The van der Waals surface area contributed by atoms with Gasteiger partial charge in [0.05, 0.1) is 23.4 Å². The number of anilines is 1. The van der Waals surface area contributed by atoms with Crippen molar-refractivity contribution >= 4 is 11.7 Å². The second-order valence-corrected chi connectivity index (χ2v) is 7.54. The lowest BCUT2D eigenvalue weighted by Gasteiger charge is -2.36. The molecule has 1 aromatic heterocycles. The molecule has 2 aromatic carbocycles. The molecule has 0 radical (unpaired) electrons. The Morgan fingerprint density at radius 3 is 2.30 bits per heavy atom. The number of carbonyl (C=O) groups is 1. The molecule has 9 heteroatoms. The highest BCUT2D eigenvalue weighted by Crippen LogP contribution is 2.33. The highest BCUT2D eigenvalue weighted by molar-refractivity contribution is 5.96. The van der Waals surface area contributed by atoms with Crippen LogP contribution in [0.25, 0.3) is 11.3 Å². The third-order valence-corrected chi connectivity index (χ3v) is 5.44. The van der Waals surface area contributed by atoms with Crippen molar-refractivity contribution in [1.29, 1.82) is 0 Å². The van der Waals surface area contributed by atoms with Gasteiger partial charge in [0.1, 0.15) is 0 Å². The first-order valence-electron chi connectivity index (χ1n) is 10.6. The maximum atomic E-state index is 13.3. The summed E-state index contributed by atoms with van der Waals surface area (Å²) in [6.45, 7) is 3.65. The normalized spacial score (nSPS) is 14.3. The van der Waals surface area contributed by atoms with E-state index in [2.05, 4.69) is 10.2 Å². The molecule has 1 saturated heterocycles. The molecule has 33 heavy (non-hydrogen) atoms. The average Bonchev–Trinajstić information content (AvgIpc) is 2.84. The Morgan fingerprint density at radius 2 is 1.64 bits per heavy atom. The molecule has 0 saturated carbocycles. The first kappa shape index (κ1) is 22.6. The first-order chi connectivity index (χ1) is 15.9. The Hall–Kier alpha value is -3.62. The number of aromatic nitrogens is 2. The lowest BCUT2D eigenvalue weighted by Crippen LogP contribution is -2.49. The van der Waals surface area contributed by atoms with Gasteiger partial charge in [-0.3, -0.25) is 4.79 Å². The zero-order valence-electron chi connectivity index (χ0n) is 18.0. The molecule has 1 amide bonds. The fourth-order valence-electron chi connectivity index (χ4n) is 3.81. The number of benzene rings is 2. The van der Waals surface area contributed by atoms with Crippen molar-refractivity contribution in [3.63, 3.8) is 0 Å². The molecule has 1 fully saturated rings. The molecule has 6 nitrogen and oxygen atoms in total. The highest BCUT2D eigenvalue weighted by Gasteiger charge is 2.36. The van der Waals surface area contributed by atoms with E-state index in [-0.39, 0.29) is 18.7 Å². The first-order valence-corrected chi connectivity index (χ1v) is 10.6. The third kappa shape index (κ3) is 4.92. The Labute approximate surface area is 189 Å². The van der Waals surface area contributed by atoms with Gasteiger partial charge in [-0.15, -0.1) is 10.2 Å². The monoisotopic (exact) mass is 456 g/mol. The number of amides is 1. The predicted molar refractivity (Wildman–Crippen MR) is 118 cm³/mol. The molecular weight excluding hydrogens is 433 g/mol. The largest absolute Gasteiger partial charge is 0.490 e. The zero-order chi connectivity index (χ0) is 23.4. The Balaban J connectivity index is 1.51. The van der Waals surface area contributed by atoms with Gasteiger partial charge in [-0.25, -0.2) is 0 Å². The molecular formula is C24H23F3N4O2. The van der Waals surface area contributed by atoms with E-state index in [1.54, 1.807) is 0 Å². The number of carbonyl (C=O) groups excluding carboxylic acids is 1. The topological polar surface area (TPSA) is 58.6 Å². The summed E-state index contributed by atoms with van der Waals surface area (Å²) in [6.07, 6.45) is -4.59. The van der Waals surface area contributed by atoms with Crippen LogP contribution in [0, 0.1) is 0 Å². The lowest BCUT2D eigenvalue weighted by molar-refractivity contribution is -0.138. The quantitative estimate of drug-likeness (QED) is 0.565. The summed E-state index contributed by atoms with van der Waals surface area (Å²) >= 11 is 0. The summed E-state index contributed by atoms with van der Waals surface area (Å²) in [5, 5.41) is 8.70. The van der Waals surface area contributed by atoms with Crippen molar-refractivity contribution in [3.05, 3.63) is 71.8 Å². The molecule has 1 aliphatic heterocycles. The van der Waals surface area contributed by atoms with Gasteiger partial charge in [-0.05, 0) is 19.1 Å². The van der Waals surface area contributed by atoms with Crippen LogP contribution in [0.4, 0.5) is 19.0 Å². The van der Waals surface area contributed by atoms with Crippen LogP contribution in [0.2, 0.25) is 0 Å². The van der Waals surface area contributed by atoms with Crippen LogP contribution in [0.3, 0.4) is 0 Å². The predicted octanol–water partition coefficient (Wildman–Crippen LogP) is 4.52. The van der Waals surface area contributed by atoms with E-state index in [0.717, 1.165) is 11.6 Å². The molecule has 0 unspecified atom stereocenters. The number of nitrogens with zero attached hydrogens (tertiary/aromatic N) is 4. The van der Waals surface area contributed by atoms with E-state index in [0.29, 0.717) is 37.0 Å². The number of halogens is 3. The molecule has 0 bridgehead atoms. The number of ether oxygens (including phenoxy) is 1. The minimum absolute atomic E-state index is 0.263. The fourth-order valence-corrected chi connectivity index (χ4v) is 3.81. The van der Waals surface area contributed by atoms with Crippen molar-refractivity contribution in [3.8, 4) is 17.0 Å². The van der Waals surface area contributed by atoms with Crippen LogP contribution in [0.15, 0.2) is 60.7 Å². The van der Waals surface area contributed by atoms with Crippen LogP contribution in [-0.2, 0) is 6.18 Å². The van der Waals surface area contributed by atoms with Gasteiger partial charge in [0.25, 0.3) is 5.91 Å². The second kappa shape index (κ2) is 9.48. The molecule has 2 heterocycles. The number of rotatable bonds is 5. The molecule has 172 valence electrons. The highest BCUT2D eigenvalue weighted by atomic mass is 19.4. The minimum Gasteiger partial charge on any atom is -0.490 e. The van der Waals surface area contributed by atoms with Gasteiger partial charge >= 0.3 is 6.18 Å². The van der Waals surface area contributed by atoms with Crippen LogP contribution < -0.4 is 9.64 Å². The SMILES string of the molecule is CCOc1cc(-c2ccccc2)nnc1N1CCN(C(=O)c2ccccc2C(F)(F)F)CC1. The van der Waals surface area contributed by atoms with Crippen molar-refractivity contribution in [2.24, 2.45) is 0 Å². The van der Waals surface area contributed by atoms with Gasteiger partial charge in [0.2, 0.25) is 0 Å². The van der Waals surface area contributed by atoms with Gasteiger partial charge in [-0.2, -0.15) is 13.2 Å². The number of alkyl halides is 3. The summed E-state index contributed by atoms with van der Waals surface area (Å²) in [5.41, 5.74) is 0.343. The molecule has 0 spiro atoms. The fraction of sp³-hybridized carbons (Fsp3) is 0.292. The Kier molecular flexibility index (Phi) is 6.48. The molecule has 4 rings (SSSR count). The second-order valence-electron chi connectivity index (χ2n) is 7.54. The van der Waals surface area contributed by atoms with Gasteiger partial charge in [0.15, 0.2) is 11.6 Å². The van der Waals surface area contributed by atoms with Crippen LogP contribution >= 0.6 is 0 Å². The standard InChI is InChI=1S/C24H23F3N4O2/c1-2-33-21-16-20(17-8-4-3-5-9-17)28-29-22(21)30-12-14-31(15-13-30)23(32)18-10-6-7-11-19(18)24(25,26)27/h3-11,16H,2,12-15H2,1H3. The van der Waals surface area contributed by atoms with E-state index in [1.807, 2.05) is 48.2 Å². The van der Waals surface area contributed by atoms with E-state index >= 15 is 0 Å². The summed E-state index contributed by atoms with van der Waals surface area (Å²) in [5.74, 6) is 0.506. The summed E-state index contributed by atoms with van der Waals surface area (Å²) in [6, 6.07) is 16.3. The van der Waals surface area contributed by atoms with Crippen LogP contribution in [0.1, 0.15) is 22.8 Å². The maximum Gasteiger partial charge on any atom is 0.417 e. The molecule has 0 atom stereocenters. The van der Waals surface area contributed by atoms with E-state index in [4.69, 9.17) is 4.74 Å². The summed E-state index contributed by atoms with van der Waals surface area (Å²) < 4.78 is 45.8. The molecule has 0 aliphatic carbocycles. The lowest BCUT2D eigenvalue weighted by atomic mass is 10.1. The number of hydrogen-bond donors (Lipinski definition) is 0. The van der Waals surface area contributed by atoms with E-state index in [1.165, 1.54) is 23.1 Å². The van der Waals surface area contributed by atoms with Crippen LogP contribution in [-0.4, -0.2) is 53.8 Å². The smallest absolute Gasteiger partial charge is 0.417 e. The van der Waals surface area contributed by atoms with Crippen LogP contribution in [0.5, 0.6) is 5.75 Å². The van der Waals surface area contributed by atoms with Crippen molar-refractivity contribution in [2.75, 3.05) is 37.7 Å². The molecule has 0 N–H and O–H groups in total. The van der Waals surface area contributed by atoms with Crippen molar-refractivity contribution in [2.45, 2.75) is 13.1 Å². The summed E-state index contributed by atoms with van der Waals surface area (Å²) in [7, 11) is 0. The van der Waals surface area contributed by atoms with Gasteiger partial charge in [0, 0.05) is 37.8 Å². The Bertz CT molecular complexity index is 1110. The van der Waals surface area contributed by atoms with Crippen molar-refractivity contribution in [1.82, 2.24) is 15.1 Å². The third-order valence-electron chi connectivity index (χ3n) is 5.44. The van der Waals surface area contributed by atoms with Gasteiger partial charge in [-0.1, -0.05) is 42.5 Å². The zero-order valence-corrected chi connectivity index (χ0v) is 18.0. The Morgan fingerprint density at radius 1 is 0.970 bits per heavy atom. The number of hydrogen-bond acceptors (Lipinski definition) is 5. The van der Waals surface area contributed by atoms with Gasteiger partial charge < -0.3 is 14.5 Å². The number of piperazine rings is 1. The minimum atomic E-state index is -4.59. The molecule has 3 aromatic rings.